The Morgan fingerprint density at radius 2 is 1.88 bits per heavy atom. The molecule has 0 saturated carbocycles. The van der Waals surface area contributed by atoms with Gasteiger partial charge in [-0.2, -0.15) is 4.31 Å². The Kier molecular flexibility index (Phi) is 7.08. The van der Waals surface area contributed by atoms with Crippen LogP contribution in [0.15, 0.2) is 48.5 Å². The summed E-state index contributed by atoms with van der Waals surface area (Å²) >= 11 is 0. The van der Waals surface area contributed by atoms with Gasteiger partial charge in [0.2, 0.25) is 15.9 Å². The van der Waals surface area contributed by atoms with Crippen molar-refractivity contribution in [3.63, 3.8) is 0 Å². The van der Waals surface area contributed by atoms with Crippen LogP contribution in [0.1, 0.15) is 54.0 Å². The summed E-state index contributed by atoms with van der Waals surface area (Å²) < 4.78 is 49.1. The predicted molar refractivity (Wildman–Crippen MR) is 127 cm³/mol. The zero-order valence-corrected chi connectivity index (χ0v) is 19.8. The fourth-order valence-corrected chi connectivity index (χ4v) is 7.25. The maximum absolute atomic E-state index is 15.3. The number of sulfonamides is 1. The smallest absolute Gasteiger partial charge is 0.222 e. The summed E-state index contributed by atoms with van der Waals surface area (Å²) in [5.41, 5.74) is 6.52. The molecule has 0 bridgehead atoms. The van der Waals surface area contributed by atoms with Crippen molar-refractivity contribution in [2.45, 2.75) is 55.4 Å². The van der Waals surface area contributed by atoms with E-state index in [0.29, 0.717) is 50.0 Å². The van der Waals surface area contributed by atoms with Crippen LogP contribution >= 0.6 is 0 Å². The molecule has 2 saturated heterocycles. The largest absolute Gasteiger partial charge is 0.381 e. The summed E-state index contributed by atoms with van der Waals surface area (Å²) in [6.45, 7) is 0.777. The van der Waals surface area contributed by atoms with Crippen molar-refractivity contribution in [2.75, 3.05) is 13.2 Å². The number of terminal acetylenes is 1. The highest BCUT2D eigenvalue weighted by Gasteiger charge is 2.42. The van der Waals surface area contributed by atoms with Gasteiger partial charge in [0, 0.05) is 37.2 Å². The van der Waals surface area contributed by atoms with E-state index in [9.17, 15) is 13.2 Å². The molecule has 8 heteroatoms. The van der Waals surface area contributed by atoms with Gasteiger partial charge in [-0.3, -0.25) is 4.79 Å². The third kappa shape index (κ3) is 4.74. The van der Waals surface area contributed by atoms with E-state index in [1.807, 2.05) is 6.07 Å². The molecule has 2 atom stereocenters. The van der Waals surface area contributed by atoms with Crippen LogP contribution < -0.4 is 5.73 Å². The van der Waals surface area contributed by atoms with Crippen LogP contribution in [0.2, 0.25) is 0 Å². The van der Waals surface area contributed by atoms with Gasteiger partial charge in [-0.1, -0.05) is 48.4 Å². The normalized spacial score (nSPS) is 24.2. The molecule has 34 heavy (non-hydrogen) atoms. The molecular weight excluding hydrogens is 455 g/mol. The van der Waals surface area contributed by atoms with Gasteiger partial charge in [-0.15, -0.1) is 6.42 Å². The summed E-state index contributed by atoms with van der Waals surface area (Å²) in [4.78, 5) is 11.7. The van der Waals surface area contributed by atoms with Crippen molar-refractivity contribution in [3.8, 4) is 12.3 Å². The minimum Gasteiger partial charge on any atom is -0.381 e. The van der Waals surface area contributed by atoms with Crippen LogP contribution in [0.25, 0.3) is 0 Å². The first-order valence-corrected chi connectivity index (χ1v) is 12.9. The van der Waals surface area contributed by atoms with Gasteiger partial charge in [-0.05, 0) is 42.9 Å². The van der Waals surface area contributed by atoms with Crippen molar-refractivity contribution in [1.82, 2.24) is 4.31 Å². The fourth-order valence-electron chi connectivity index (χ4n) is 5.15. The molecule has 2 aromatic rings. The lowest BCUT2D eigenvalue weighted by atomic mass is 9.71. The van der Waals surface area contributed by atoms with Gasteiger partial charge in [0.1, 0.15) is 11.1 Å². The molecule has 2 N–H and O–H groups in total. The van der Waals surface area contributed by atoms with Crippen LogP contribution in [-0.4, -0.2) is 37.9 Å². The number of carbonyl (C=O) groups excluding carboxylic acids is 1. The Labute approximate surface area is 200 Å². The van der Waals surface area contributed by atoms with Crippen LogP contribution in [0, 0.1) is 18.2 Å². The zero-order chi connectivity index (χ0) is 24.3. The molecule has 2 aliphatic rings. The number of carbonyl (C=O) groups is 1. The first-order chi connectivity index (χ1) is 16.3. The summed E-state index contributed by atoms with van der Waals surface area (Å²) in [7, 11) is -3.81. The molecule has 0 radical (unpaired) electrons. The molecule has 4 rings (SSSR count). The molecule has 2 fully saturated rings. The van der Waals surface area contributed by atoms with E-state index < -0.39 is 38.5 Å². The number of rotatable bonds is 6. The third-order valence-corrected chi connectivity index (χ3v) is 9.32. The number of primary amides is 1. The highest BCUT2D eigenvalue weighted by Crippen LogP contribution is 2.40. The molecule has 0 aromatic heterocycles. The standard InChI is InChI=1S/C26H29FN2O4S/c1-2-22-10-11-24(19-6-4-3-5-7-19)34(31,32)29(22)18-20-8-9-21(16-23(20)27)26(17-25(28)30)12-14-33-15-13-26/h1,3-9,16,22,24H,10-15,17-18H2,(H2,28,30)/t22-,24+/m0/s1. The summed E-state index contributed by atoms with van der Waals surface area (Å²) in [5, 5.41) is -0.721. The first kappa shape index (κ1) is 24.4. The van der Waals surface area contributed by atoms with Crippen molar-refractivity contribution in [2.24, 2.45) is 5.73 Å². The number of hydrogen-bond donors (Lipinski definition) is 1. The molecule has 2 heterocycles. The van der Waals surface area contributed by atoms with Crippen LogP contribution in [0.4, 0.5) is 4.39 Å². The Bertz CT molecular complexity index is 1190. The lowest BCUT2D eigenvalue weighted by Crippen LogP contribution is -2.45. The van der Waals surface area contributed by atoms with Gasteiger partial charge in [0.25, 0.3) is 0 Å². The fraction of sp³-hybridized carbons (Fsp3) is 0.423. The molecule has 2 aliphatic heterocycles. The lowest BCUT2D eigenvalue weighted by Gasteiger charge is -2.38. The van der Waals surface area contributed by atoms with E-state index in [2.05, 4.69) is 5.92 Å². The van der Waals surface area contributed by atoms with Gasteiger partial charge in [-0.25, -0.2) is 12.8 Å². The second-order valence-electron chi connectivity index (χ2n) is 9.09. The zero-order valence-electron chi connectivity index (χ0n) is 19.0. The number of halogens is 1. The van der Waals surface area contributed by atoms with Gasteiger partial charge in [0.05, 0.1) is 6.04 Å². The average molecular weight is 485 g/mol. The molecule has 180 valence electrons. The number of amides is 1. The molecule has 0 aliphatic carbocycles. The quantitative estimate of drug-likeness (QED) is 0.637. The molecule has 6 nitrogen and oxygen atoms in total. The topological polar surface area (TPSA) is 89.7 Å². The minimum absolute atomic E-state index is 0.105. The summed E-state index contributed by atoms with van der Waals surface area (Å²) in [6, 6.07) is 13.1. The highest BCUT2D eigenvalue weighted by atomic mass is 32.2. The third-order valence-electron chi connectivity index (χ3n) is 7.05. The lowest BCUT2D eigenvalue weighted by molar-refractivity contribution is -0.120. The molecule has 0 spiro atoms. The number of nitrogens with two attached hydrogens (primary N) is 1. The Hall–Kier alpha value is -2.73. The van der Waals surface area contributed by atoms with E-state index in [4.69, 9.17) is 16.9 Å². The predicted octanol–water partition coefficient (Wildman–Crippen LogP) is 3.42. The van der Waals surface area contributed by atoms with E-state index in [0.717, 1.165) is 0 Å². The monoisotopic (exact) mass is 484 g/mol. The average Bonchev–Trinajstić information content (AvgIpc) is 2.81. The van der Waals surface area contributed by atoms with E-state index in [1.54, 1.807) is 36.4 Å². The maximum atomic E-state index is 15.3. The number of ether oxygens (including phenoxy) is 1. The molecule has 1 amide bonds. The Morgan fingerprint density at radius 3 is 2.50 bits per heavy atom. The van der Waals surface area contributed by atoms with Gasteiger partial charge < -0.3 is 10.5 Å². The summed E-state index contributed by atoms with van der Waals surface area (Å²) in [6.07, 6.45) is 7.81. The second kappa shape index (κ2) is 9.87. The van der Waals surface area contributed by atoms with E-state index >= 15 is 4.39 Å². The molecular formula is C26H29FN2O4S. The van der Waals surface area contributed by atoms with Gasteiger partial charge in [0.15, 0.2) is 0 Å². The van der Waals surface area contributed by atoms with Crippen LogP contribution in [0.5, 0.6) is 0 Å². The second-order valence-corrected chi connectivity index (χ2v) is 11.2. The van der Waals surface area contributed by atoms with Crippen LogP contribution in [0.3, 0.4) is 0 Å². The number of nitrogens with zero attached hydrogens (tertiary/aromatic N) is 1. The number of benzene rings is 2. The van der Waals surface area contributed by atoms with Crippen molar-refractivity contribution in [3.05, 3.63) is 71.0 Å². The van der Waals surface area contributed by atoms with E-state index in [1.165, 1.54) is 10.4 Å². The van der Waals surface area contributed by atoms with Crippen LogP contribution in [-0.2, 0) is 31.5 Å². The number of hydrogen-bond acceptors (Lipinski definition) is 4. The van der Waals surface area contributed by atoms with E-state index in [-0.39, 0.29) is 18.5 Å². The van der Waals surface area contributed by atoms with Gasteiger partial charge >= 0.3 is 0 Å². The first-order valence-electron chi connectivity index (χ1n) is 11.4. The highest BCUT2D eigenvalue weighted by molar-refractivity contribution is 7.89. The molecule has 2 aromatic carbocycles. The van der Waals surface area contributed by atoms with Crippen molar-refractivity contribution < 1.29 is 22.3 Å². The summed E-state index contributed by atoms with van der Waals surface area (Å²) in [5.74, 6) is 1.59. The molecule has 0 unspecified atom stereocenters. The SMILES string of the molecule is C#C[C@H]1CC[C@H](c2ccccc2)S(=O)(=O)N1Cc1ccc(C2(CC(N)=O)CCOCC2)cc1F. The minimum atomic E-state index is -3.81. The Morgan fingerprint density at radius 1 is 1.18 bits per heavy atom. The van der Waals surface area contributed by atoms with Crippen molar-refractivity contribution >= 4 is 15.9 Å². The maximum Gasteiger partial charge on any atom is 0.222 e. The Balaban J connectivity index is 1.64. The van der Waals surface area contributed by atoms with Crippen molar-refractivity contribution in [1.29, 1.82) is 0 Å².